The second-order valence-corrected chi connectivity index (χ2v) is 7.91. The molecule has 148 valence electrons. The van der Waals surface area contributed by atoms with Crippen molar-refractivity contribution in [3.05, 3.63) is 47.3 Å². The van der Waals surface area contributed by atoms with Gasteiger partial charge < -0.3 is 10.4 Å². The third-order valence-electron chi connectivity index (χ3n) is 5.95. The van der Waals surface area contributed by atoms with Gasteiger partial charge in [0.2, 0.25) is 11.8 Å². The van der Waals surface area contributed by atoms with E-state index in [-0.39, 0.29) is 17.6 Å². The van der Waals surface area contributed by atoms with Gasteiger partial charge in [0.25, 0.3) is 0 Å². The Morgan fingerprint density at radius 1 is 1.21 bits per heavy atom. The molecule has 2 heterocycles. The van der Waals surface area contributed by atoms with Crippen molar-refractivity contribution in [3.63, 3.8) is 0 Å². The molecular formula is C22H22N4O3. The topological polar surface area (TPSA) is 96.6 Å². The van der Waals surface area contributed by atoms with E-state index in [1.165, 1.54) is 4.52 Å². The number of aromatic hydroxyl groups is 1. The summed E-state index contributed by atoms with van der Waals surface area (Å²) in [4.78, 5) is 29.3. The number of hydrogen-bond donors (Lipinski definition) is 2. The van der Waals surface area contributed by atoms with Crippen molar-refractivity contribution in [2.45, 2.75) is 44.4 Å². The number of carbonyl (C=O) groups is 2. The zero-order valence-electron chi connectivity index (χ0n) is 16.2. The molecule has 2 aliphatic carbocycles. The van der Waals surface area contributed by atoms with Gasteiger partial charge in [0, 0.05) is 30.2 Å². The number of nitrogens with one attached hydrogen (secondary N) is 1. The minimum Gasteiger partial charge on any atom is -0.493 e. The highest BCUT2D eigenvalue weighted by Gasteiger charge is 2.54. The molecule has 5 rings (SSSR count). The first-order chi connectivity index (χ1) is 14.0. The van der Waals surface area contributed by atoms with E-state index in [0.29, 0.717) is 37.3 Å². The number of nitrogens with zero attached hydrogens (tertiary/aromatic N) is 3. The van der Waals surface area contributed by atoms with Crippen LogP contribution in [0.25, 0.3) is 16.8 Å². The number of amides is 1. The number of aryl methyl sites for hydroxylation is 1. The standard InChI is InChI=1S/C22H22N4O3/c1-2-11-23-21(29)22(9-10-22)20-24-19-16(6-8-18(28)26(19)25-20)14-3-5-15-13(12-14)4-7-17(15)27/h3,5-6,8,12,28H,2,4,7,9-11H2,1H3,(H,23,29). The molecule has 0 saturated heterocycles. The third kappa shape index (κ3) is 2.72. The predicted octanol–water partition coefficient (Wildman–Crippen LogP) is 2.79. The van der Waals surface area contributed by atoms with Crippen LogP contribution < -0.4 is 5.32 Å². The Labute approximate surface area is 167 Å². The first-order valence-corrected chi connectivity index (χ1v) is 10.1. The van der Waals surface area contributed by atoms with Crippen molar-refractivity contribution in [1.29, 1.82) is 0 Å². The molecule has 2 N–H and O–H groups in total. The van der Waals surface area contributed by atoms with Crippen molar-refractivity contribution >= 4 is 17.3 Å². The van der Waals surface area contributed by atoms with Gasteiger partial charge in [0.15, 0.2) is 17.3 Å². The highest BCUT2D eigenvalue weighted by atomic mass is 16.3. The Morgan fingerprint density at radius 2 is 2.00 bits per heavy atom. The lowest BCUT2D eigenvalue weighted by Crippen LogP contribution is -2.35. The zero-order valence-corrected chi connectivity index (χ0v) is 16.2. The van der Waals surface area contributed by atoms with Crippen molar-refractivity contribution in [2.24, 2.45) is 0 Å². The number of aromatic nitrogens is 3. The normalized spacial score (nSPS) is 16.8. The summed E-state index contributed by atoms with van der Waals surface area (Å²) in [6.45, 7) is 2.63. The fourth-order valence-electron chi connectivity index (χ4n) is 4.09. The van der Waals surface area contributed by atoms with E-state index < -0.39 is 5.41 Å². The third-order valence-corrected chi connectivity index (χ3v) is 5.95. The van der Waals surface area contributed by atoms with Gasteiger partial charge in [-0.2, -0.15) is 4.52 Å². The molecule has 1 saturated carbocycles. The summed E-state index contributed by atoms with van der Waals surface area (Å²) >= 11 is 0. The summed E-state index contributed by atoms with van der Waals surface area (Å²) in [6.07, 6.45) is 3.57. The Bertz CT molecular complexity index is 1160. The molecule has 0 atom stereocenters. The molecule has 0 unspecified atom stereocenters. The zero-order chi connectivity index (χ0) is 20.2. The fraction of sp³-hybridized carbons (Fsp3) is 0.364. The summed E-state index contributed by atoms with van der Waals surface area (Å²) < 4.78 is 1.40. The van der Waals surface area contributed by atoms with Gasteiger partial charge in [0.1, 0.15) is 5.41 Å². The Kier molecular flexibility index (Phi) is 3.94. The van der Waals surface area contributed by atoms with Gasteiger partial charge in [0.05, 0.1) is 0 Å². The van der Waals surface area contributed by atoms with E-state index in [2.05, 4.69) is 15.4 Å². The number of carbonyl (C=O) groups excluding carboxylic acids is 2. The number of pyridine rings is 1. The van der Waals surface area contributed by atoms with Crippen molar-refractivity contribution in [1.82, 2.24) is 19.9 Å². The minimum atomic E-state index is -0.699. The molecule has 7 heteroatoms. The summed E-state index contributed by atoms with van der Waals surface area (Å²) in [5.41, 5.74) is 3.37. The van der Waals surface area contributed by atoms with Gasteiger partial charge in [-0.3, -0.25) is 9.59 Å². The van der Waals surface area contributed by atoms with Crippen LogP contribution in [0.3, 0.4) is 0 Å². The van der Waals surface area contributed by atoms with Gasteiger partial charge in [-0.25, -0.2) is 4.98 Å². The highest BCUT2D eigenvalue weighted by Crippen LogP contribution is 2.47. The number of rotatable bonds is 5. The number of ketones is 1. The Morgan fingerprint density at radius 3 is 2.76 bits per heavy atom. The van der Waals surface area contributed by atoms with E-state index in [1.54, 1.807) is 12.1 Å². The molecule has 2 aromatic heterocycles. The lowest BCUT2D eigenvalue weighted by atomic mass is 10.0. The average molecular weight is 390 g/mol. The molecule has 0 bridgehead atoms. The number of Topliss-reactive ketones (excluding diaryl/α,β-unsaturated/α-hetero) is 1. The van der Waals surface area contributed by atoms with Crippen LogP contribution in [0, 0.1) is 0 Å². The molecule has 2 aliphatic rings. The van der Waals surface area contributed by atoms with Crippen LogP contribution >= 0.6 is 0 Å². The molecule has 3 aromatic rings. The van der Waals surface area contributed by atoms with Crippen LogP contribution in [0.2, 0.25) is 0 Å². The van der Waals surface area contributed by atoms with Crippen LogP contribution in [0.5, 0.6) is 5.88 Å². The summed E-state index contributed by atoms with van der Waals surface area (Å²) in [6, 6.07) is 9.17. The smallest absolute Gasteiger partial charge is 0.233 e. The summed E-state index contributed by atoms with van der Waals surface area (Å²) in [5, 5.41) is 17.8. The summed E-state index contributed by atoms with van der Waals surface area (Å²) in [5.74, 6) is 0.557. The summed E-state index contributed by atoms with van der Waals surface area (Å²) in [7, 11) is 0. The Balaban J connectivity index is 1.60. The molecular weight excluding hydrogens is 368 g/mol. The van der Waals surface area contributed by atoms with Gasteiger partial charge in [-0.1, -0.05) is 25.1 Å². The second-order valence-electron chi connectivity index (χ2n) is 7.91. The largest absolute Gasteiger partial charge is 0.493 e. The minimum absolute atomic E-state index is 0.0244. The van der Waals surface area contributed by atoms with E-state index in [0.717, 1.165) is 35.1 Å². The van der Waals surface area contributed by atoms with Crippen molar-refractivity contribution < 1.29 is 14.7 Å². The first kappa shape index (κ1) is 17.8. The lowest BCUT2D eigenvalue weighted by Gasteiger charge is -2.10. The first-order valence-electron chi connectivity index (χ1n) is 10.1. The quantitative estimate of drug-likeness (QED) is 0.698. The van der Waals surface area contributed by atoms with Crippen molar-refractivity contribution in [3.8, 4) is 17.0 Å². The van der Waals surface area contributed by atoms with Gasteiger partial charge >= 0.3 is 0 Å². The van der Waals surface area contributed by atoms with Gasteiger partial charge in [-0.15, -0.1) is 5.10 Å². The maximum absolute atomic E-state index is 12.7. The molecule has 1 amide bonds. The Hall–Kier alpha value is -3.22. The highest BCUT2D eigenvalue weighted by molar-refractivity contribution is 6.01. The molecule has 1 aromatic carbocycles. The maximum Gasteiger partial charge on any atom is 0.233 e. The van der Waals surface area contributed by atoms with Crippen LogP contribution in [0.1, 0.15) is 54.4 Å². The molecule has 29 heavy (non-hydrogen) atoms. The van der Waals surface area contributed by atoms with Crippen LogP contribution in [-0.4, -0.2) is 37.9 Å². The number of hydrogen-bond acceptors (Lipinski definition) is 5. The number of benzene rings is 1. The molecule has 0 radical (unpaired) electrons. The lowest BCUT2D eigenvalue weighted by molar-refractivity contribution is -0.123. The average Bonchev–Trinajstić information content (AvgIpc) is 3.28. The van der Waals surface area contributed by atoms with Gasteiger partial charge in [-0.05, 0) is 42.9 Å². The number of fused-ring (bicyclic) bond motifs is 2. The fourth-order valence-corrected chi connectivity index (χ4v) is 4.09. The SMILES string of the molecule is CCCNC(=O)C1(c2nc3c(-c4ccc5c(c4)CCC5=O)ccc(O)n3n2)CC1. The predicted molar refractivity (Wildman–Crippen MR) is 107 cm³/mol. The van der Waals surface area contributed by atoms with Crippen LogP contribution in [0.15, 0.2) is 30.3 Å². The van der Waals surface area contributed by atoms with Crippen LogP contribution in [-0.2, 0) is 16.6 Å². The van der Waals surface area contributed by atoms with Crippen molar-refractivity contribution in [2.75, 3.05) is 6.54 Å². The second kappa shape index (κ2) is 6.40. The molecule has 7 nitrogen and oxygen atoms in total. The molecule has 0 spiro atoms. The monoisotopic (exact) mass is 390 g/mol. The van der Waals surface area contributed by atoms with E-state index >= 15 is 0 Å². The van der Waals surface area contributed by atoms with E-state index in [4.69, 9.17) is 0 Å². The van der Waals surface area contributed by atoms with E-state index in [9.17, 15) is 14.7 Å². The molecule has 1 fully saturated rings. The molecule has 0 aliphatic heterocycles. The van der Waals surface area contributed by atoms with E-state index in [1.807, 2.05) is 25.1 Å². The maximum atomic E-state index is 12.7. The van der Waals surface area contributed by atoms with Crippen LogP contribution in [0.4, 0.5) is 0 Å².